The van der Waals surface area contributed by atoms with E-state index < -0.39 is 0 Å². The Morgan fingerprint density at radius 1 is 1.29 bits per heavy atom. The fraction of sp³-hybridized carbons (Fsp3) is 0.438. The van der Waals surface area contributed by atoms with E-state index in [1.807, 2.05) is 23.7 Å². The molecule has 2 aromatic heterocycles. The molecule has 130 valence electrons. The number of nitrogens with zero attached hydrogens (tertiary/aromatic N) is 2. The maximum atomic E-state index is 11.8. The molecule has 0 fully saturated rings. The summed E-state index contributed by atoms with van der Waals surface area (Å²) in [5.41, 5.74) is 0. The Balaban J connectivity index is 1.60. The van der Waals surface area contributed by atoms with Crippen molar-refractivity contribution in [3.05, 3.63) is 38.5 Å². The predicted molar refractivity (Wildman–Crippen MR) is 101 cm³/mol. The molecule has 0 atom stereocenters. The van der Waals surface area contributed by atoms with Crippen molar-refractivity contribution >= 4 is 34.5 Å². The largest absolute Gasteiger partial charge is 0.356 e. The molecule has 8 heteroatoms. The number of rotatable bonds is 8. The zero-order valence-corrected chi connectivity index (χ0v) is 15.6. The van der Waals surface area contributed by atoms with Crippen LogP contribution in [0.15, 0.2) is 28.7 Å². The van der Waals surface area contributed by atoms with Gasteiger partial charge in [-0.25, -0.2) is 4.98 Å². The van der Waals surface area contributed by atoms with E-state index in [0.29, 0.717) is 13.1 Å². The lowest BCUT2D eigenvalue weighted by molar-refractivity contribution is 0.0957. The molecule has 2 aromatic rings. The number of thiazole rings is 1. The van der Waals surface area contributed by atoms with Crippen molar-refractivity contribution in [3.8, 4) is 0 Å². The number of nitrogens with one attached hydrogen (secondary N) is 3. The monoisotopic (exact) mass is 365 g/mol. The van der Waals surface area contributed by atoms with Gasteiger partial charge in [0, 0.05) is 31.2 Å². The van der Waals surface area contributed by atoms with Crippen LogP contribution in [0.4, 0.5) is 0 Å². The van der Waals surface area contributed by atoms with Crippen LogP contribution in [0.5, 0.6) is 0 Å². The number of aryl methyl sites for hydroxylation is 1. The highest BCUT2D eigenvalue weighted by Crippen LogP contribution is 2.12. The minimum absolute atomic E-state index is 0.0111. The number of amides is 1. The molecule has 1 amide bonds. The smallest absolute Gasteiger partial charge is 0.261 e. The molecule has 0 bridgehead atoms. The van der Waals surface area contributed by atoms with E-state index in [1.165, 1.54) is 16.2 Å². The fourth-order valence-electron chi connectivity index (χ4n) is 1.97. The van der Waals surface area contributed by atoms with Gasteiger partial charge in [-0.3, -0.25) is 9.79 Å². The van der Waals surface area contributed by atoms with Gasteiger partial charge in [0.1, 0.15) is 5.01 Å². The first-order chi connectivity index (χ1) is 11.7. The highest BCUT2D eigenvalue weighted by atomic mass is 32.1. The molecular weight excluding hydrogens is 342 g/mol. The lowest BCUT2D eigenvalue weighted by atomic mass is 10.4. The number of thiophene rings is 1. The van der Waals surface area contributed by atoms with Crippen molar-refractivity contribution in [2.75, 3.05) is 20.1 Å². The van der Waals surface area contributed by atoms with Gasteiger partial charge in [0.25, 0.3) is 5.91 Å². The quantitative estimate of drug-likeness (QED) is 0.381. The van der Waals surface area contributed by atoms with E-state index in [4.69, 9.17) is 0 Å². The highest BCUT2D eigenvalue weighted by Gasteiger charge is 2.05. The van der Waals surface area contributed by atoms with Crippen molar-refractivity contribution in [2.24, 2.45) is 4.99 Å². The summed E-state index contributed by atoms with van der Waals surface area (Å²) in [6.45, 7) is 4.16. The Morgan fingerprint density at radius 3 is 2.79 bits per heavy atom. The molecule has 3 N–H and O–H groups in total. The summed E-state index contributed by atoms with van der Waals surface area (Å²) in [7, 11) is 1.74. The van der Waals surface area contributed by atoms with Crippen molar-refractivity contribution in [2.45, 2.75) is 26.3 Å². The average Bonchev–Trinajstić information content (AvgIpc) is 3.28. The summed E-state index contributed by atoms with van der Waals surface area (Å²) in [6, 6.07) is 3.70. The van der Waals surface area contributed by atoms with Crippen LogP contribution in [0.1, 0.15) is 32.9 Å². The molecule has 24 heavy (non-hydrogen) atoms. The van der Waals surface area contributed by atoms with Crippen molar-refractivity contribution in [1.82, 2.24) is 20.9 Å². The Hall–Kier alpha value is -1.93. The Kier molecular flexibility index (Phi) is 7.70. The maximum Gasteiger partial charge on any atom is 0.261 e. The molecule has 0 aliphatic carbocycles. The normalized spacial score (nSPS) is 11.3. The zero-order valence-electron chi connectivity index (χ0n) is 14.0. The summed E-state index contributed by atoms with van der Waals surface area (Å²) >= 11 is 3.17. The lowest BCUT2D eigenvalue weighted by Crippen LogP contribution is -2.38. The Morgan fingerprint density at radius 2 is 2.12 bits per heavy atom. The van der Waals surface area contributed by atoms with Crippen LogP contribution in [0, 0.1) is 0 Å². The van der Waals surface area contributed by atoms with Crippen molar-refractivity contribution in [1.29, 1.82) is 0 Å². The van der Waals surface area contributed by atoms with Crippen molar-refractivity contribution < 1.29 is 4.79 Å². The summed E-state index contributed by atoms with van der Waals surface area (Å²) in [5.74, 6) is 0.732. The maximum absolute atomic E-state index is 11.8. The van der Waals surface area contributed by atoms with E-state index in [9.17, 15) is 4.79 Å². The molecule has 0 saturated carbocycles. The molecule has 0 aromatic carbocycles. The average molecular weight is 366 g/mol. The molecule has 6 nitrogen and oxygen atoms in total. The van der Waals surface area contributed by atoms with Crippen molar-refractivity contribution in [3.63, 3.8) is 0 Å². The first-order valence-electron chi connectivity index (χ1n) is 7.92. The van der Waals surface area contributed by atoms with Crippen LogP contribution in [0.25, 0.3) is 0 Å². The second kappa shape index (κ2) is 10.0. The Labute approximate surface area is 150 Å². The number of carbonyl (C=O) groups is 1. The molecule has 0 radical (unpaired) electrons. The van der Waals surface area contributed by atoms with Crippen LogP contribution in [0.3, 0.4) is 0 Å². The predicted octanol–water partition coefficient (Wildman–Crippen LogP) is 2.25. The first-order valence-corrected chi connectivity index (χ1v) is 9.62. The summed E-state index contributed by atoms with van der Waals surface area (Å²) in [5, 5.41) is 12.3. The van der Waals surface area contributed by atoms with Gasteiger partial charge < -0.3 is 16.0 Å². The van der Waals surface area contributed by atoms with E-state index in [0.717, 1.165) is 35.2 Å². The topological polar surface area (TPSA) is 78.4 Å². The number of aliphatic imine (C=N–C) groups is 1. The van der Waals surface area contributed by atoms with Crippen LogP contribution >= 0.6 is 22.7 Å². The minimum atomic E-state index is -0.0111. The van der Waals surface area contributed by atoms with Gasteiger partial charge >= 0.3 is 0 Å². The van der Waals surface area contributed by atoms with Crippen LogP contribution in [-0.4, -0.2) is 37.0 Å². The first kappa shape index (κ1) is 18.4. The second-order valence-electron chi connectivity index (χ2n) is 5.01. The third-order valence-electron chi connectivity index (χ3n) is 3.26. The molecule has 0 saturated heterocycles. The number of carbonyl (C=O) groups excluding carboxylic acids is 1. The van der Waals surface area contributed by atoms with Crippen LogP contribution in [0.2, 0.25) is 0 Å². The Bertz CT molecular complexity index is 651. The molecule has 0 aliphatic rings. The molecular formula is C16H23N5OS2. The zero-order chi connectivity index (χ0) is 17.2. The number of hydrogen-bond acceptors (Lipinski definition) is 5. The van der Waals surface area contributed by atoms with Gasteiger partial charge in [-0.2, -0.15) is 0 Å². The molecule has 2 heterocycles. The van der Waals surface area contributed by atoms with Gasteiger partial charge in [-0.15, -0.1) is 22.7 Å². The number of guanidine groups is 1. The lowest BCUT2D eigenvalue weighted by Gasteiger charge is -2.11. The van der Waals surface area contributed by atoms with Crippen LogP contribution in [-0.2, 0) is 13.0 Å². The van der Waals surface area contributed by atoms with Gasteiger partial charge in [-0.05, 0) is 24.3 Å². The summed E-state index contributed by atoms with van der Waals surface area (Å²) in [6.07, 6.45) is 3.77. The highest BCUT2D eigenvalue weighted by molar-refractivity contribution is 7.12. The van der Waals surface area contributed by atoms with Gasteiger partial charge in [-0.1, -0.05) is 13.0 Å². The molecule has 0 aliphatic heterocycles. The van der Waals surface area contributed by atoms with E-state index in [-0.39, 0.29) is 5.91 Å². The molecule has 0 spiro atoms. The molecule has 2 rings (SSSR count). The minimum Gasteiger partial charge on any atom is -0.356 e. The third-order valence-corrected chi connectivity index (χ3v) is 5.27. The summed E-state index contributed by atoms with van der Waals surface area (Å²) in [4.78, 5) is 22.4. The van der Waals surface area contributed by atoms with Gasteiger partial charge in [0.15, 0.2) is 5.96 Å². The fourth-order valence-corrected chi connectivity index (χ4v) is 3.41. The van der Waals surface area contributed by atoms with E-state index >= 15 is 0 Å². The van der Waals surface area contributed by atoms with E-state index in [1.54, 1.807) is 18.4 Å². The van der Waals surface area contributed by atoms with Gasteiger partial charge in [0.05, 0.1) is 11.4 Å². The standard InChI is InChI=1S/C16H23N5OS2/c1-3-12-10-20-14(24-12)11-21-16(17-2)19-8-5-7-18-15(22)13-6-4-9-23-13/h4,6,9-10H,3,5,7-8,11H2,1-2H3,(H,18,22)(H2,17,19,21). The third kappa shape index (κ3) is 5.93. The number of aromatic nitrogens is 1. The van der Waals surface area contributed by atoms with E-state index in [2.05, 4.69) is 32.9 Å². The SMILES string of the molecule is CCc1cnc(CNC(=NC)NCCCNC(=O)c2cccs2)s1. The summed E-state index contributed by atoms with van der Waals surface area (Å²) < 4.78 is 0. The van der Waals surface area contributed by atoms with Crippen LogP contribution < -0.4 is 16.0 Å². The number of hydrogen-bond donors (Lipinski definition) is 3. The van der Waals surface area contributed by atoms with Gasteiger partial charge in [0.2, 0.25) is 0 Å². The molecule has 0 unspecified atom stereocenters. The second-order valence-corrected chi connectivity index (χ2v) is 7.16.